The minimum Gasteiger partial charge on any atom is -0.512 e. The summed E-state index contributed by atoms with van der Waals surface area (Å²) in [5.74, 6) is 1.86. The quantitative estimate of drug-likeness (QED) is 0.106. The summed E-state index contributed by atoms with van der Waals surface area (Å²) in [6, 6.07) is 22.8. The Kier molecular flexibility index (Phi) is 10.6. The monoisotopic (exact) mass is 779 g/mol. The number of para-hydroxylation sites is 1. The molecule has 0 bridgehead atoms. The fourth-order valence-electron chi connectivity index (χ4n) is 6.83. The van der Waals surface area contributed by atoms with Gasteiger partial charge >= 0.3 is 0 Å². The van der Waals surface area contributed by atoms with Crippen LogP contribution in [0.4, 0.5) is 0 Å². The Labute approximate surface area is 280 Å². The minimum atomic E-state index is 0. The molecule has 0 saturated heterocycles. The van der Waals surface area contributed by atoms with Crippen molar-refractivity contribution in [3.8, 4) is 11.3 Å². The molecular formula is C40H44IrNO3-. The van der Waals surface area contributed by atoms with Crippen LogP contribution in [0.1, 0.15) is 102 Å². The van der Waals surface area contributed by atoms with E-state index in [4.69, 9.17) is 9.40 Å². The van der Waals surface area contributed by atoms with Gasteiger partial charge in [-0.25, -0.2) is 0 Å². The predicted molar refractivity (Wildman–Crippen MR) is 181 cm³/mol. The standard InChI is InChI=1S/C27H24NO.C13H20O2.Ir/c1-16(2)18-9-10-21-19(13-18)11-12-28-26(21)24-15-20(17(3)4)14-23-22-7-5-6-8-25(22)29-27(23)24;14-12(10-5-1-2-6-10)9-13(15)11-7-3-4-8-11;/h5-14,16-17H,1-4H3;9-11,14H,1-8H2;/q-1;;/b;12-9-;. The maximum absolute atomic E-state index is 11.8. The third-order valence-corrected chi connectivity index (χ3v) is 9.57. The van der Waals surface area contributed by atoms with Gasteiger partial charge in [-0.1, -0.05) is 101 Å². The van der Waals surface area contributed by atoms with Gasteiger partial charge in [0.25, 0.3) is 0 Å². The van der Waals surface area contributed by atoms with Crippen LogP contribution in [0, 0.1) is 17.9 Å². The van der Waals surface area contributed by atoms with Gasteiger partial charge in [0.15, 0.2) is 5.78 Å². The van der Waals surface area contributed by atoms with Gasteiger partial charge in [-0.2, -0.15) is 0 Å². The molecule has 4 nitrogen and oxygen atoms in total. The van der Waals surface area contributed by atoms with E-state index in [1.54, 1.807) is 0 Å². The summed E-state index contributed by atoms with van der Waals surface area (Å²) < 4.78 is 6.31. The molecule has 3 aromatic carbocycles. The van der Waals surface area contributed by atoms with E-state index in [9.17, 15) is 9.90 Å². The van der Waals surface area contributed by atoms with E-state index in [2.05, 4.69) is 76.2 Å². The molecule has 0 unspecified atom stereocenters. The fraction of sp³-hybridized carbons (Fsp3) is 0.400. The van der Waals surface area contributed by atoms with Crippen molar-refractivity contribution in [2.24, 2.45) is 11.8 Å². The molecule has 2 aromatic heterocycles. The maximum Gasteiger partial charge on any atom is 0.162 e. The molecule has 5 aromatic rings. The number of hydrogen-bond donors (Lipinski definition) is 1. The molecule has 7 rings (SSSR count). The fourth-order valence-corrected chi connectivity index (χ4v) is 6.83. The topological polar surface area (TPSA) is 63.3 Å². The second kappa shape index (κ2) is 14.4. The van der Waals surface area contributed by atoms with Gasteiger partial charge in [-0.15, -0.1) is 17.7 Å². The largest absolute Gasteiger partial charge is 0.512 e. The van der Waals surface area contributed by atoms with Gasteiger partial charge in [0.1, 0.15) is 5.58 Å². The first-order chi connectivity index (χ1) is 21.3. The van der Waals surface area contributed by atoms with Gasteiger partial charge < -0.3 is 14.5 Å². The normalized spacial score (nSPS) is 16.1. The average Bonchev–Trinajstić information content (AvgIpc) is 3.82. The van der Waals surface area contributed by atoms with Crippen LogP contribution in [0.25, 0.3) is 44.0 Å². The number of pyridine rings is 1. The van der Waals surface area contributed by atoms with Crippen molar-refractivity contribution in [2.75, 3.05) is 0 Å². The minimum absolute atomic E-state index is 0. The molecule has 2 aliphatic carbocycles. The number of hydrogen-bond acceptors (Lipinski definition) is 4. The number of aliphatic hydroxyl groups is 1. The number of rotatable bonds is 6. The number of aliphatic hydroxyl groups excluding tert-OH is 1. The van der Waals surface area contributed by atoms with E-state index in [0.29, 0.717) is 17.6 Å². The Balaban J connectivity index is 0.000000212. The maximum atomic E-state index is 11.8. The summed E-state index contributed by atoms with van der Waals surface area (Å²) in [5, 5.41) is 14.4. The summed E-state index contributed by atoms with van der Waals surface area (Å²) >= 11 is 0. The SMILES string of the molecule is CC(C)c1[c-]c(-c2nccc3cc(C(C)C)ccc23)c2oc3ccccc3c2c1.O=C(/C=C(\O)C1CCCC1)C1CCCC1.[Ir]. The van der Waals surface area contributed by atoms with Crippen LogP contribution < -0.4 is 0 Å². The van der Waals surface area contributed by atoms with Crippen molar-refractivity contribution in [3.05, 3.63) is 89.8 Å². The molecule has 0 atom stereocenters. The third kappa shape index (κ3) is 7.10. The van der Waals surface area contributed by atoms with Crippen molar-refractivity contribution in [1.29, 1.82) is 0 Å². The molecule has 0 amide bonds. The number of nitrogens with zero attached hydrogens (tertiary/aromatic N) is 1. The second-order valence-electron chi connectivity index (χ2n) is 13.3. The first kappa shape index (κ1) is 33.1. The third-order valence-electron chi connectivity index (χ3n) is 9.57. The number of carbonyl (C=O) groups excluding carboxylic acids is 1. The molecule has 0 spiro atoms. The number of ketones is 1. The van der Waals surface area contributed by atoms with Gasteiger partial charge in [0.05, 0.1) is 11.3 Å². The number of furan rings is 1. The molecule has 1 radical (unpaired) electrons. The van der Waals surface area contributed by atoms with Crippen LogP contribution in [0.5, 0.6) is 0 Å². The summed E-state index contributed by atoms with van der Waals surface area (Å²) in [4.78, 5) is 16.6. The first-order valence-electron chi connectivity index (χ1n) is 16.5. The van der Waals surface area contributed by atoms with E-state index >= 15 is 0 Å². The van der Waals surface area contributed by atoms with E-state index in [1.807, 2.05) is 18.3 Å². The average molecular weight is 779 g/mol. The molecule has 237 valence electrons. The smallest absolute Gasteiger partial charge is 0.162 e. The van der Waals surface area contributed by atoms with Crippen LogP contribution in [-0.4, -0.2) is 15.9 Å². The molecule has 2 aliphatic rings. The molecule has 2 fully saturated rings. The van der Waals surface area contributed by atoms with Gasteiger partial charge in [0.2, 0.25) is 0 Å². The number of allylic oxidation sites excluding steroid dienone is 2. The Hall–Kier alpha value is -3.27. The van der Waals surface area contributed by atoms with Crippen molar-refractivity contribution < 1.29 is 34.4 Å². The predicted octanol–water partition coefficient (Wildman–Crippen LogP) is 11.2. The molecule has 2 heterocycles. The summed E-state index contributed by atoms with van der Waals surface area (Å²) in [5.41, 5.74) is 6.17. The number of fused-ring (bicyclic) bond motifs is 4. The van der Waals surface area contributed by atoms with Gasteiger partial charge in [-0.05, 0) is 71.7 Å². The van der Waals surface area contributed by atoms with Crippen LogP contribution in [0.2, 0.25) is 0 Å². The van der Waals surface area contributed by atoms with Gasteiger partial charge in [-0.3, -0.25) is 4.79 Å². The zero-order chi connectivity index (χ0) is 30.8. The summed E-state index contributed by atoms with van der Waals surface area (Å²) in [6.07, 6.45) is 12.3. The second-order valence-corrected chi connectivity index (χ2v) is 13.3. The van der Waals surface area contributed by atoms with Crippen molar-refractivity contribution in [2.45, 2.75) is 90.9 Å². The molecule has 2 saturated carbocycles. The Morgan fingerprint density at radius 1 is 0.867 bits per heavy atom. The number of benzene rings is 3. The van der Waals surface area contributed by atoms with E-state index in [-0.39, 0.29) is 37.7 Å². The van der Waals surface area contributed by atoms with E-state index in [1.165, 1.54) is 48.3 Å². The van der Waals surface area contributed by atoms with Crippen molar-refractivity contribution >= 4 is 38.5 Å². The zero-order valence-corrected chi connectivity index (χ0v) is 29.3. The van der Waals surface area contributed by atoms with Crippen LogP contribution in [0.15, 0.2) is 77.0 Å². The molecule has 0 aliphatic heterocycles. The Bertz CT molecular complexity index is 1820. The van der Waals surface area contributed by atoms with Crippen LogP contribution >= 0.6 is 0 Å². The van der Waals surface area contributed by atoms with Crippen molar-refractivity contribution in [1.82, 2.24) is 4.98 Å². The molecular weight excluding hydrogens is 735 g/mol. The van der Waals surface area contributed by atoms with Gasteiger partial charge in [0, 0.05) is 49.6 Å². The van der Waals surface area contributed by atoms with Crippen molar-refractivity contribution in [3.63, 3.8) is 0 Å². The Morgan fingerprint density at radius 2 is 1.56 bits per heavy atom. The van der Waals surface area contributed by atoms with E-state index < -0.39 is 0 Å². The first-order valence-corrected chi connectivity index (χ1v) is 16.5. The summed E-state index contributed by atoms with van der Waals surface area (Å²) in [6.45, 7) is 8.85. The number of aromatic nitrogens is 1. The van der Waals surface area contributed by atoms with E-state index in [0.717, 1.165) is 64.3 Å². The number of carbonyl (C=O) groups is 1. The molecule has 1 N–H and O–H groups in total. The Morgan fingerprint density at radius 3 is 2.24 bits per heavy atom. The van der Waals surface area contributed by atoms with Crippen LogP contribution in [0.3, 0.4) is 0 Å². The van der Waals surface area contributed by atoms with Crippen LogP contribution in [-0.2, 0) is 24.9 Å². The molecule has 5 heteroatoms. The molecule has 45 heavy (non-hydrogen) atoms. The zero-order valence-electron chi connectivity index (χ0n) is 26.9. The summed E-state index contributed by atoms with van der Waals surface area (Å²) in [7, 11) is 0.